The maximum atomic E-state index is 12.0. The average Bonchev–Trinajstić information content (AvgIpc) is 2.49. The third-order valence-corrected chi connectivity index (χ3v) is 3.98. The van der Waals surface area contributed by atoms with Gasteiger partial charge in [0.2, 0.25) is 5.91 Å². The minimum Gasteiger partial charge on any atom is -0.495 e. The zero-order valence-electron chi connectivity index (χ0n) is 12.1. The highest BCUT2D eigenvalue weighted by Crippen LogP contribution is 2.29. The van der Waals surface area contributed by atoms with Gasteiger partial charge < -0.3 is 15.8 Å². The van der Waals surface area contributed by atoms with Crippen molar-refractivity contribution in [3.8, 4) is 5.75 Å². The molecule has 0 heterocycles. The third-order valence-electron chi connectivity index (χ3n) is 2.96. The fraction of sp³-hybridized carbons (Fsp3) is 0.188. The maximum absolute atomic E-state index is 12.0. The van der Waals surface area contributed by atoms with Crippen LogP contribution in [-0.2, 0) is 4.79 Å². The predicted octanol–water partition coefficient (Wildman–Crippen LogP) is 3.32. The van der Waals surface area contributed by atoms with Gasteiger partial charge in [-0.05, 0) is 30.7 Å². The Morgan fingerprint density at radius 1 is 1.29 bits per heavy atom. The number of benzene rings is 2. The molecule has 0 fully saturated rings. The molecule has 5 heteroatoms. The smallest absolute Gasteiger partial charge is 0.234 e. The van der Waals surface area contributed by atoms with Gasteiger partial charge in [-0.15, -0.1) is 11.8 Å². The van der Waals surface area contributed by atoms with Crippen LogP contribution in [0.4, 0.5) is 11.4 Å². The molecule has 3 N–H and O–H groups in total. The first-order valence-electron chi connectivity index (χ1n) is 6.52. The minimum absolute atomic E-state index is 0.0567. The van der Waals surface area contributed by atoms with Crippen molar-refractivity contribution >= 4 is 29.0 Å². The number of hydrogen-bond acceptors (Lipinski definition) is 4. The summed E-state index contributed by atoms with van der Waals surface area (Å²) in [4.78, 5) is 13.1. The molecule has 21 heavy (non-hydrogen) atoms. The van der Waals surface area contributed by atoms with Crippen molar-refractivity contribution in [3.05, 3.63) is 48.0 Å². The number of ether oxygens (including phenoxy) is 1. The molecule has 2 rings (SSSR count). The summed E-state index contributed by atoms with van der Waals surface area (Å²) in [6.45, 7) is 1.90. The van der Waals surface area contributed by atoms with Gasteiger partial charge in [0.15, 0.2) is 0 Å². The van der Waals surface area contributed by atoms with E-state index in [1.165, 1.54) is 11.8 Å². The van der Waals surface area contributed by atoms with Gasteiger partial charge in [-0.2, -0.15) is 0 Å². The van der Waals surface area contributed by atoms with Crippen LogP contribution in [0.25, 0.3) is 0 Å². The molecule has 0 bridgehead atoms. The summed E-state index contributed by atoms with van der Waals surface area (Å²) in [5.74, 6) is 0.862. The lowest BCUT2D eigenvalue weighted by molar-refractivity contribution is -0.113. The standard InChI is InChI=1S/C16H18N2O2S/c1-11-8-13(17)15(20-2)9-14(11)18-16(19)10-21-12-6-4-3-5-7-12/h3-9H,10,17H2,1-2H3,(H,18,19). The number of rotatable bonds is 5. The molecule has 2 aromatic carbocycles. The number of hydrogen-bond donors (Lipinski definition) is 2. The zero-order valence-corrected chi connectivity index (χ0v) is 12.9. The Hall–Kier alpha value is -2.14. The number of aryl methyl sites for hydroxylation is 1. The quantitative estimate of drug-likeness (QED) is 0.657. The molecule has 4 nitrogen and oxygen atoms in total. The van der Waals surface area contributed by atoms with Crippen molar-refractivity contribution in [2.24, 2.45) is 0 Å². The summed E-state index contributed by atoms with van der Waals surface area (Å²) in [5.41, 5.74) is 8.02. The fourth-order valence-corrected chi connectivity index (χ4v) is 2.59. The minimum atomic E-state index is -0.0567. The van der Waals surface area contributed by atoms with Crippen LogP contribution in [0.3, 0.4) is 0 Å². The van der Waals surface area contributed by atoms with Crippen molar-refractivity contribution < 1.29 is 9.53 Å². The van der Waals surface area contributed by atoms with E-state index in [1.807, 2.05) is 37.3 Å². The molecule has 0 saturated carbocycles. The SMILES string of the molecule is COc1cc(NC(=O)CSc2ccccc2)c(C)cc1N. The summed E-state index contributed by atoms with van der Waals surface area (Å²) < 4.78 is 5.17. The number of thioether (sulfide) groups is 1. The molecule has 110 valence electrons. The van der Waals surface area contributed by atoms with Crippen LogP contribution >= 0.6 is 11.8 Å². The van der Waals surface area contributed by atoms with Crippen molar-refractivity contribution in [3.63, 3.8) is 0 Å². The molecular weight excluding hydrogens is 284 g/mol. The molecule has 0 unspecified atom stereocenters. The summed E-state index contributed by atoms with van der Waals surface area (Å²) >= 11 is 1.50. The molecule has 0 aliphatic heterocycles. The van der Waals surface area contributed by atoms with Gasteiger partial charge in [0.05, 0.1) is 18.6 Å². The van der Waals surface area contributed by atoms with Crippen LogP contribution < -0.4 is 15.8 Å². The number of methoxy groups -OCH3 is 1. The Morgan fingerprint density at radius 3 is 2.67 bits per heavy atom. The summed E-state index contributed by atoms with van der Waals surface area (Å²) in [5, 5.41) is 2.89. The molecule has 2 aromatic rings. The number of nitrogens with one attached hydrogen (secondary N) is 1. The van der Waals surface area contributed by atoms with Gasteiger partial charge in [-0.3, -0.25) is 4.79 Å². The summed E-state index contributed by atoms with van der Waals surface area (Å²) in [6.07, 6.45) is 0. The molecule has 0 atom stereocenters. The van der Waals surface area contributed by atoms with Crippen molar-refractivity contribution in [2.75, 3.05) is 23.9 Å². The molecule has 0 aliphatic carbocycles. The van der Waals surface area contributed by atoms with Crippen LogP contribution in [0.2, 0.25) is 0 Å². The lowest BCUT2D eigenvalue weighted by atomic mass is 10.1. The molecular formula is C16H18N2O2S. The topological polar surface area (TPSA) is 64.3 Å². The Bertz CT molecular complexity index is 630. The normalized spacial score (nSPS) is 10.2. The molecule has 0 radical (unpaired) electrons. The van der Waals surface area contributed by atoms with Crippen LogP contribution in [0.15, 0.2) is 47.4 Å². The first kappa shape index (κ1) is 15.3. The van der Waals surface area contributed by atoms with Gasteiger partial charge in [0, 0.05) is 16.6 Å². The Balaban J connectivity index is 1.99. The summed E-state index contributed by atoms with van der Waals surface area (Å²) in [6, 6.07) is 13.4. The van der Waals surface area contributed by atoms with E-state index in [2.05, 4.69) is 5.32 Å². The fourth-order valence-electron chi connectivity index (χ4n) is 1.87. The van der Waals surface area contributed by atoms with Crippen LogP contribution in [0.1, 0.15) is 5.56 Å². The Labute approximate surface area is 128 Å². The van der Waals surface area contributed by atoms with Crippen LogP contribution in [0.5, 0.6) is 5.75 Å². The Kier molecular flexibility index (Phi) is 5.11. The second-order valence-electron chi connectivity index (χ2n) is 4.56. The van der Waals surface area contributed by atoms with E-state index in [-0.39, 0.29) is 5.91 Å². The van der Waals surface area contributed by atoms with E-state index in [9.17, 15) is 4.79 Å². The number of amides is 1. The second-order valence-corrected chi connectivity index (χ2v) is 5.61. The average molecular weight is 302 g/mol. The van der Waals surface area contributed by atoms with E-state index >= 15 is 0 Å². The van der Waals surface area contributed by atoms with Crippen LogP contribution in [0, 0.1) is 6.92 Å². The molecule has 0 saturated heterocycles. The van der Waals surface area contributed by atoms with Gasteiger partial charge >= 0.3 is 0 Å². The summed E-state index contributed by atoms with van der Waals surface area (Å²) in [7, 11) is 1.55. The van der Waals surface area contributed by atoms with Gasteiger partial charge in [0.25, 0.3) is 0 Å². The second kappa shape index (κ2) is 7.04. The zero-order chi connectivity index (χ0) is 15.2. The van der Waals surface area contributed by atoms with E-state index in [0.29, 0.717) is 17.2 Å². The van der Waals surface area contributed by atoms with Crippen LogP contribution in [-0.4, -0.2) is 18.8 Å². The lowest BCUT2D eigenvalue weighted by Gasteiger charge is -2.12. The number of carbonyl (C=O) groups excluding carboxylic acids is 1. The first-order valence-corrected chi connectivity index (χ1v) is 7.50. The molecule has 1 amide bonds. The highest BCUT2D eigenvalue weighted by molar-refractivity contribution is 8.00. The highest BCUT2D eigenvalue weighted by atomic mass is 32.2. The van der Waals surface area contributed by atoms with Gasteiger partial charge in [-0.25, -0.2) is 0 Å². The lowest BCUT2D eigenvalue weighted by Crippen LogP contribution is -2.15. The van der Waals surface area contributed by atoms with E-state index in [0.717, 1.165) is 16.1 Å². The third kappa shape index (κ3) is 4.16. The number of nitrogen functional groups attached to an aromatic ring is 1. The Morgan fingerprint density at radius 2 is 2.00 bits per heavy atom. The molecule has 0 aliphatic rings. The number of anilines is 2. The monoisotopic (exact) mass is 302 g/mol. The van der Waals surface area contributed by atoms with Crippen molar-refractivity contribution in [1.82, 2.24) is 0 Å². The van der Waals surface area contributed by atoms with Crippen molar-refractivity contribution in [2.45, 2.75) is 11.8 Å². The van der Waals surface area contributed by atoms with E-state index < -0.39 is 0 Å². The highest BCUT2D eigenvalue weighted by Gasteiger charge is 2.09. The van der Waals surface area contributed by atoms with Gasteiger partial charge in [-0.1, -0.05) is 18.2 Å². The number of carbonyl (C=O) groups is 1. The first-order chi connectivity index (χ1) is 10.1. The van der Waals surface area contributed by atoms with Crippen molar-refractivity contribution in [1.29, 1.82) is 0 Å². The van der Waals surface area contributed by atoms with E-state index in [4.69, 9.17) is 10.5 Å². The predicted molar refractivity (Wildman–Crippen MR) is 87.9 cm³/mol. The maximum Gasteiger partial charge on any atom is 0.234 e. The molecule has 0 spiro atoms. The number of nitrogens with two attached hydrogens (primary N) is 1. The molecule has 0 aromatic heterocycles. The largest absolute Gasteiger partial charge is 0.495 e. The van der Waals surface area contributed by atoms with Gasteiger partial charge in [0.1, 0.15) is 5.75 Å². The van der Waals surface area contributed by atoms with E-state index in [1.54, 1.807) is 19.2 Å².